The van der Waals surface area contributed by atoms with E-state index in [1.165, 1.54) is 0 Å². The van der Waals surface area contributed by atoms with Gasteiger partial charge in [0.05, 0.1) is 10.7 Å². The normalized spacial score (nSPS) is 11.4. The first-order valence-corrected chi connectivity index (χ1v) is 6.23. The van der Waals surface area contributed by atoms with Crippen LogP contribution in [0.5, 0.6) is 0 Å². The number of hydrogen-bond acceptors (Lipinski definition) is 4. The van der Waals surface area contributed by atoms with Crippen LogP contribution in [0.3, 0.4) is 0 Å². The molecule has 0 fully saturated rings. The molecule has 0 unspecified atom stereocenters. The van der Waals surface area contributed by atoms with E-state index in [1.54, 1.807) is 0 Å². The van der Waals surface area contributed by atoms with Crippen LogP contribution < -0.4 is 0 Å². The second-order valence-corrected chi connectivity index (χ2v) is 5.63. The first kappa shape index (κ1) is 12.8. The molecule has 16 heavy (non-hydrogen) atoms. The number of hydrogen-bond donors (Lipinski definition) is 0. The summed E-state index contributed by atoms with van der Waals surface area (Å²) < 4.78 is 47.0. The Labute approximate surface area is 93.2 Å². The molecular formula is C7H4ClF2NO4S. The van der Waals surface area contributed by atoms with Crippen LogP contribution in [0.15, 0.2) is 12.1 Å². The van der Waals surface area contributed by atoms with E-state index in [1.807, 2.05) is 0 Å². The maximum atomic E-state index is 12.9. The molecule has 0 atom stereocenters. The Bertz CT molecular complexity index is 546. The van der Waals surface area contributed by atoms with Crippen molar-refractivity contribution < 1.29 is 22.1 Å². The fraction of sp³-hybridized carbons (Fsp3) is 0.143. The summed E-state index contributed by atoms with van der Waals surface area (Å²) in [6.07, 6.45) is 0. The third-order valence-corrected chi connectivity index (χ3v) is 2.61. The second-order valence-electron chi connectivity index (χ2n) is 2.85. The van der Waals surface area contributed by atoms with Crippen molar-refractivity contribution in [1.29, 1.82) is 0 Å². The molecule has 0 aliphatic rings. The van der Waals surface area contributed by atoms with Gasteiger partial charge in [-0.15, -0.1) is 0 Å². The number of rotatable bonds is 3. The second kappa shape index (κ2) is 4.30. The van der Waals surface area contributed by atoms with E-state index in [9.17, 15) is 27.3 Å². The van der Waals surface area contributed by atoms with Crippen molar-refractivity contribution in [2.24, 2.45) is 0 Å². The summed E-state index contributed by atoms with van der Waals surface area (Å²) in [5, 5.41) is 10.3. The van der Waals surface area contributed by atoms with Crippen molar-refractivity contribution in [3.05, 3.63) is 39.4 Å². The molecule has 0 aliphatic heterocycles. The topological polar surface area (TPSA) is 77.3 Å². The number of nitro groups is 1. The SMILES string of the molecule is O=[N+]([O-])c1cc(CS(=O)(=O)Cl)cc(F)c1F. The van der Waals surface area contributed by atoms with Crippen LogP contribution in [0.4, 0.5) is 14.5 Å². The molecule has 0 saturated carbocycles. The van der Waals surface area contributed by atoms with Gasteiger partial charge in [0.25, 0.3) is 0 Å². The Morgan fingerprint density at radius 2 is 1.94 bits per heavy atom. The molecule has 0 spiro atoms. The van der Waals surface area contributed by atoms with Gasteiger partial charge >= 0.3 is 5.69 Å². The summed E-state index contributed by atoms with van der Waals surface area (Å²) in [5.74, 6) is -3.95. The third-order valence-electron chi connectivity index (χ3n) is 1.60. The van der Waals surface area contributed by atoms with E-state index < -0.39 is 37.0 Å². The molecule has 5 nitrogen and oxygen atoms in total. The van der Waals surface area contributed by atoms with Crippen molar-refractivity contribution in [3.63, 3.8) is 0 Å². The molecule has 0 N–H and O–H groups in total. The van der Waals surface area contributed by atoms with E-state index in [4.69, 9.17) is 10.7 Å². The largest absolute Gasteiger partial charge is 0.308 e. The van der Waals surface area contributed by atoms with Gasteiger partial charge in [-0.3, -0.25) is 10.1 Å². The molecule has 1 aromatic rings. The van der Waals surface area contributed by atoms with Crippen LogP contribution in [-0.2, 0) is 14.8 Å². The zero-order chi connectivity index (χ0) is 12.5. The minimum Gasteiger partial charge on any atom is -0.258 e. The molecule has 0 heterocycles. The highest BCUT2D eigenvalue weighted by Crippen LogP contribution is 2.23. The highest BCUT2D eigenvalue weighted by molar-refractivity contribution is 8.13. The smallest absolute Gasteiger partial charge is 0.258 e. The van der Waals surface area contributed by atoms with E-state index in [0.29, 0.717) is 12.1 Å². The monoisotopic (exact) mass is 271 g/mol. The lowest BCUT2D eigenvalue weighted by atomic mass is 10.2. The number of benzene rings is 1. The summed E-state index contributed by atoms with van der Waals surface area (Å²) in [5.41, 5.74) is -1.42. The molecule has 0 saturated heterocycles. The Balaban J connectivity index is 3.30. The van der Waals surface area contributed by atoms with E-state index in [0.717, 1.165) is 0 Å². The Morgan fingerprint density at radius 1 is 1.38 bits per heavy atom. The van der Waals surface area contributed by atoms with Crippen molar-refractivity contribution in [2.45, 2.75) is 5.75 Å². The highest BCUT2D eigenvalue weighted by atomic mass is 35.7. The maximum Gasteiger partial charge on any atom is 0.308 e. The van der Waals surface area contributed by atoms with Gasteiger partial charge in [0.2, 0.25) is 14.9 Å². The molecule has 9 heteroatoms. The van der Waals surface area contributed by atoms with Crippen LogP contribution in [0.2, 0.25) is 0 Å². The van der Waals surface area contributed by atoms with E-state index in [2.05, 4.69) is 0 Å². The van der Waals surface area contributed by atoms with Crippen molar-refractivity contribution in [1.82, 2.24) is 0 Å². The van der Waals surface area contributed by atoms with Gasteiger partial charge in [-0.05, 0) is 11.6 Å². The summed E-state index contributed by atoms with van der Waals surface area (Å²) in [4.78, 5) is 9.16. The van der Waals surface area contributed by atoms with Crippen LogP contribution in [0.25, 0.3) is 0 Å². The van der Waals surface area contributed by atoms with Gasteiger partial charge < -0.3 is 0 Å². The minimum atomic E-state index is -3.99. The van der Waals surface area contributed by atoms with Crippen LogP contribution in [0.1, 0.15) is 5.56 Å². The zero-order valence-electron chi connectivity index (χ0n) is 7.48. The quantitative estimate of drug-likeness (QED) is 0.478. The highest BCUT2D eigenvalue weighted by Gasteiger charge is 2.21. The molecule has 1 rings (SSSR count). The molecule has 1 aromatic carbocycles. The lowest BCUT2D eigenvalue weighted by molar-refractivity contribution is -0.387. The standard InChI is InChI=1S/C7H4ClF2NO4S/c8-16(14,15)3-4-1-5(9)7(10)6(2-4)11(12)13/h1-2H,3H2. The lowest BCUT2D eigenvalue weighted by Crippen LogP contribution is -2.01. The van der Waals surface area contributed by atoms with Gasteiger partial charge in [-0.1, -0.05) is 0 Å². The van der Waals surface area contributed by atoms with Gasteiger partial charge in [-0.25, -0.2) is 12.8 Å². The minimum absolute atomic E-state index is 0.291. The van der Waals surface area contributed by atoms with Crippen LogP contribution >= 0.6 is 10.7 Å². The van der Waals surface area contributed by atoms with Gasteiger partial charge in [0.1, 0.15) is 0 Å². The van der Waals surface area contributed by atoms with Crippen molar-refractivity contribution >= 4 is 25.4 Å². The summed E-state index contributed by atoms with van der Waals surface area (Å²) in [6.45, 7) is 0. The Kier molecular flexibility index (Phi) is 3.44. The first-order chi connectivity index (χ1) is 7.20. The summed E-state index contributed by atoms with van der Waals surface area (Å²) in [7, 11) is 0.889. The molecule has 0 aromatic heterocycles. The molecule has 0 radical (unpaired) electrons. The number of halogens is 3. The predicted octanol–water partition coefficient (Wildman–Crippen LogP) is 1.94. The number of nitro benzene ring substituents is 1. The molecule has 88 valence electrons. The Morgan fingerprint density at radius 3 is 2.38 bits per heavy atom. The first-order valence-electron chi connectivity index (χ1n) is 3.75. The molecule has 0 aliphatic carbocycles. The molecule has 0 amide bonds. The predicted molar refractivity (Wildman–Crippen MR) is 51.5 cm³/mol. The molecule has 0 bridgehead atoms. The van der Waals surface area contributed by atoms with Gasteiger partial charge in [-0.2, -0.15) is 4.39 Å². The lowest BCUT2D eigenvalue weighted by Gasteiger charge is -2.00. The number of nitrogens with zero attached hydrogens (tertiary/aromatic N) is 1. The van der Waals surface area contributed by atoms with Crippen molar-refractivity contribution in [3.8, 4) is 0 Å². The van der Waals surface area contributed by atoms with Gasteiger partial charge in [0.15, 0.2) is 5.82 Å². The van der Waals surface area contributed by atoms with E-state index in [-0.39, 0.29) is 5.56 Å². The Hall–Kier alpha value is -1.28. The van der Waals surface area contributed by atoms with Crippen LogP contribution in [0, 0.1) is 21.7 Å². The van der Waals surface area contributed by atoms with Crippen molar-refractivity contribution in [2.75, 3.05) is 0 Å². The summed E-state index contributed by atoms with van der Waals surface area (Å²) in [6, 6.07) is 1.17. The average Bonchev–Trinajstić information content (AvgIpc) is 2.07. The van der Waals surface area contributed by atoms with Gasteiger partial charge in [0, 0.05) is 16.7 Å². The van der Waals surface area contributed by atoms with E-state index >= 15 is 0 Å². The summed E-state index contributed by atoms with van der Waals surface area (Å²) >= 11 is 0. The fourth-order valence-corrected chi connectivity index (χ4v) is 1.99. The third kappa shape index (κ3) is 3.11. The molecular weight excluding hydrogens is 268 g/mol. The fourth-order valence-electron chi connectivity index (χ4n) is 1.04. The zero-order valence-corrected chi connectivity index (χ0v) is 9.06. The average molecular weight is 272 g/mol. The maximum absolute atomic E-state index is 12.9. The van der Waals surface area contributed by atoms with Crippen LogP contribution in [-0.4, -0.2) is 13.3 Å².